The number of rotatable bonds is 3. The Labute approximate surface area is 60.3 Å². The smallest absolute Gasteiger partial charge is 0.434 e. The van der Waals surface area contributed by atoms with Crippen LogP contribution in [0.5, 0.6) is 0 Å². The number of hydrogen-bond acceptors (Lipinski definition) is 3. The first-order valence-corrected chi connectivity index (χ1v) is 3.04. The van der Waals surface area contributed by atoms with Crippen molar-refractivity contribution in [2.45, 2.75) is 13.3 Å². The topological polar surface area (TPSA) is 35.5 Å². The van der Waals surface area contributed by atoms with Crippen LogP contribution in [0.15, 0.2) is 0 Å². The predicted molar refractivity (Wildman–Crippen MR) is 36.4 cm³/mol. The third-order valence-corrected chi connectivity index (χ3v) is 0.697. The van der Waals surface area contributed by atoms with Gasteiger partial charge in [-0.3, -0.25) is 0 Å². The summed E-state index contributed by atoms with van der Waals surface area (Å²) in [5.74, 6) is 2.15. The Bertz CT molecular complexity index is 134. The van der Waals surface area contributed by atoms with Crippen LogP contribution >= 0.6 is 0 Å². The van der Waals surface area contributed by atoms with Crippen molar-refractivity contribution in [1.82, 2.24) is 0 Å². The van der Waals surface area contributed by atoms with E-state index >= 15 is 0 Å². The van der Waals surface area contributed by atoms with Crippen molar-refractivity contribution in [3.63, 3.8) is 0 Å². The highest BCUT2D eigenvalue weighted by Gasteiger charge is 1.98. The van der Waals surface area contributed by atoms with E-state index in [0.29, 0.717) is 6.61 Å². The summed E-state index contributed by atoms with van der Waals surface area (Å²) >= 11 is 0. The van der Waals surface area contributed by atoms with Gasteiger partial charge in [0.1, 0.15) is 0 Å². The van der Waals surface area contributed by atoms with E-state index in [1.165, 1.54) is 0 Å². The van der Waals surface area contributed by atoms with Gasteiger partial charge in [0.05, 0.1) is 6.61 Å². The molecule has 0 N–H and O–H groups in total. The number of ether oxygens (including phenoxy) is 2. The highest BCUT2D eigenvalue weighted by atomic mass is 16.7. The van der Waals surface area contributed by atoms with Crippen molar-refractivity contribution in [3.05, 3.63) is 0 Å². The fourth-order valence-corrected chi connectivity index (χ4v) is 0.328. The molecule has 0 unspecified atom stereocenters. The van der Waals surface area contributed by atoms with Crippen LogP contribution in [0, 0.1) is 12.3 Å². The van der Waals surface area contributed by atoms with E-state index in [9.17, 15) is 4.79 Å². The molecule has 3 nitrogen and oxygen atoms in total. The van der Waals surface area contributed by atoms with Gasteiger partial charge in [-0.1, -0.05) is 12.8 Å². The third kappa shape index (κ3) is 4.98. The lowest BCUT2D eigenvalue weighted by Gasteiger charge is -2.00. The molecule has 0 fully saturated rings. The lowest BCUT2D eigenvalue weighted by atomic mass is 10.5. The van der Waals surface area contributed by atoms with Crippen LogP contribution in [0.3, 0.4) is 0 Å². The molecule has 0 aromatic heterocycles. The van der Waals surface area contributed by atoms with Gasteiger partial charge in [-0.25, -0.2) is 4.79 Å². The summed E-state index contributed by atoms with van der Waals surface area (Å²) in [7, 11) is 0. The van der Waals surface area contributed by atoms with Gasteiger partial charge < -0.3 is 9.47 Å². The van der Waals surface area contributed by atoms with Crippen molar-refractivity contribution < 1.29 is 14.3 Å². The molecule has 0 heterocycles. The zero-order chi connectivity index (χ0) is 7.82. The monoisotopic (exact) mass is 142 g/mol. The van der Waals surface area contributed by atoms with Crippen LogP contribution in [0.25, 0.3) is 0 Å². The van der Waals surface area contributed by atoms with Gasteiger partial charge >= 0.3 is 6.16 Å². The van der Waals surface area contributed by atoms with Gasteiger partial charge in [0.2, 0.25) is 0 Å². The van der Waals surface area contributed by atoms with E-state index in [1.54, 1.807) is 0 Å². The highest BCUT2D eigenvalue weighted by molar-refractivity contribution is 5.59. The van der Waals surface area contributed by atoms with Crippen molar-refractivity contribution in [2.75, 3.05) is 13.2 Å². The van der Waals surface area contributed by atoms with Gasteiger partial charge in [-0.05, 0) is 6.42 Å². The van der Waals surface area contributed by atoms with E-state index in [2.05, 4.69) is 15.4 Å². The molecular weight excluding hydrogens is 132 g/mol. The first kappa shape index (κ1) is 8.83. The summed E-state index contributed by atoms with van der Waals surface area (Å²) in [5.41, 5.74) is 0. The van der Waals surface area contributed by atoms with Crippen LogP contribution in [0.4, 0.5) is 4.79 Å². The predicted octanol–water partition coefficient (Wildman–Crippen LogP) is 1.18. The molecule has 0 saturated carbocycles. The molecule has 0 amide bonds. The van der Waals surface area contributed by atoms with E-state index in [4.69, 9.17) is 6.42 Å². The van der Waals surface area contributed by atoms with Crippen LogP contribution in [-0.4, -0.2) is 19.4 Å². The fraction of sp³-hybridized carbons (Fsp3) is 0.571. The van der Waals surface area contributed by atoms with Crippen molar-refractivity contribution in [3.8, 4) is 12.3 Å². The fourth-order valence-electron chi connectivity index (χ4n) is 0.328. The van der Waals surface area contributed by atoms with Crippen molar-refractivity contribution in [2.24, 2.45) is 0 Å². The molecule has 0 spiro atoms. The first-order valence-electron chi connectivity index (χ1n) is 3.04. The highest BCUT2D eigenvalue weighted by Crippen LogP contribution is 1.85. The number of hydrogen-bond donors (Lipinski definition) is 0. The molecule has 0 aromatic carbocycles. The minimum Gasteiger partial charge on any atom is -0.434 e. The summed E-state index contributed by atoms with van der Waals surface area (Å²) in [6, 6.07) is 0. The van der Waals surface area contributed by atoms with Crippen molar-refractivity contribution in [1.29, 1.82) is 0 Å². The Morgan fingerprint density at radius 1 is 1.60 bits per heavy atom. The van der Waals surface area contributed by atoms with Crippen LogP contribution < -0.4 is 0 Å². The number of carbonyl (C=O) groups excluding carboxylic acids is 1. The van der Waals surface area contributed by atoms with Gasteiger partial charge in [0.15, 0.2) is 6.61 Å². The summed E-state index contributed by atoms with van der Waals surface area (Å²) in [5, 5.41) is 0. The second-order valence-electron chi connectivity index (χ2n) is 1.59. The van der Waals surface area contributed by atoms with Crippen LogP contribution in [0.1, 0.15) is 13.3 Å². The van der Waals surface area contributed by atoms with Gasteiger partial charge in [-0.2, -0.15) is 0 Å². The number of terminal acetylenes is 1. The zero-order valence-corrected chi connectivity index (χ0v) is 5.92. The Morgan fingerprint density at radius 2 is 2.30 bits per heavy atom. The molecule has 0 radical (unpaired) electrons. The van der Waals surface area contributed by atoms with E-state index in [0.717, 1.165) is 6.42 Å². The molecule has 3 heteroatoms. The standard InChI is InChI=1S/C7H10O3/c1-3-5-9-7(8)10-6-4-2/h1H,4-6H2,2H3. The average Bonchev–Trinajstić information content (AvgIpc) is 1.97. The quantitative estimate of drug-likeness (QED) is 0.438. The lowest BCUT2D eigenvalue weighted by molar-refractivity contribution is 0.0647. The number of carbonyl (C=O) groups is 1. The van der Waals surface area contributed by atoms with Crippen LogP contribution in [0.2, 0.25) is 0 Å². The van der Waals surface area contributed by atoms with Gasteiger partial charge in [0, 0.05) is 0 Å². The van der Waals surface area contributed by atoms with Gasteiger partial charge in [0.25, 0.3) is 0 Å². The molecule has 0 aromatic rings. The molecule has 10 heavy (non-hydrogen) atoms. The molecule has 0 bridgehead atoms. The second-order valence-corrected chi connectivity index (χ2v) is 1.59. The van der Waals surface area contributed by atoms with E-state index in [-0.39, 0.29) is 6.61 Å². The molecule has 56 valence electrons. The Kier molecular flexibility index (Phi) is 5.26. The Morgan fingerprint density at radius 3 is 2.80 bits per heavy atom. The summed E-state index contributed by atoms with van der Waals surface area (Å²) in [4.78, 5) is 10.4. The Hall–Kier alpha value is -1.17. The minimum atomic E-state index is -0.695. The maximum atomic E-state index is 10.4. The molecular formula is C7H10O3. The normalized spacial score (nSPS) is 8.00. The van der Waals surface area contributed by atoms with E-state index < -0.39 is 6.16 Å². The molecule has 0 aliphatic carbocycles. The van der Waals surface area contributed by atoms with Crippen LogP contribution in [-0.2, 0) is 9.47 Å². The average molecular weight is 142 g/mol. The summed E-state index contributed by atoms with van der Waals surface area (Å²) in [6.45, 7) is 2.25. The summed E-state index contributed by atoms with van der Waals surface area (Å²) in [6.07, 6.45) is 4.91. The van der Waals surface area contributed by atoms with Crippen molar-refractivity contribution >= 4 is 6.16 Å². The molecule has 0 aliphatic heterocycles. The summed E-state index contributed by atoms with van der Waals surface area (Å²) < 4.78 is 8.93. The lowest BCUT2D eigenvalue weighted by Crippen LogP contribution is -2.07. The van der Waals surface area contributed by atoms with Gasteiger partial charge in [-0.15, -0.1) is 6.42 Å². The molecule has 0 saturated heterocycles. The first-order chi connectivity index (χ1) is 4.81. The maximum absolute atomic E-state index is 10.4. The SMILES string of the molecule is C#CCOC(=O)OCCC. The maximum Gasteiger partial charge on any atom is 0.509 e. The second kappa shape index (κ2) is 5.96. The molecule has 0 rings (SSSR count). The minimum absolute atomic E-state index is 0.0253. The third-order valence-electron chi connectivity index (χ3n) is 0.697. The Balaban J connectivity index is 3.19. The zero-order valence-electron chi connectivity index (χ0n) is 5.92. The molecule has 0 atom stereocenters. The molecule has 0 aliphatic rings. The largest absolute Gasteiger partial charge is 0.509 e. The van der Waals surface area contributed by atoms with E-state index in [1.807, 2.05) is 6.92 Å².